The Labute approximate surface area is 131 Å². The Bertz CT molecular complexity index is 375. The summed E-state index contributed by atoms with van der Waals surface area (Å²) < 4.78 is 10.9. The van der Waals surface area contributed by atoms with Crippen molar-refractivity contribution in [2.24, 2.45) is 11.3 Å². The number of carbonyl (C=O) groups excluding carboxylic acids is 1. The van der Waals surface area contributed by atoms with Gasteiger partial charge in [0.2, 0.25) is 5.91 Å². The molecule has 6 nitrogen and oxygen atoms in total. The van der Waals surface area contributed by atoms with Gasteiger partial charge in [0.15, 0.2) is 0 Å². The van der Waals surface area contributed by atoms with Crippen LogP contribution in [-0.2, 0) is 19.1 Å². The van der Waals surface area contributed by atoms with Crippen molar-refractivity contribution < 1.29 is 24.2 Å². The van der Waals surface area contributed by atoms with Crippen molar-refractivity contribution in [2.45, 2.75) is 44.9 Å². The standard InChI is InChI=1S/C16H27NO5/c18-14(11-16(15(19)20)5-1-6-16)17-7-2-8-22-12-13-3-9-21-10-4-13/h13H,1-12H2,(H,17,18)(H,19,20). The van der Waals surface area contributed by atoms with Crippen molar-refractivity contribution >= 4 is 11.9 Å². The first-order valence-corrected chi connectivity index (χ1v) is 8.28. The van der Waals surface area contributed by atoms with Gasteiger partial charge in [0.1, 0.15) is 0 Å². The lowest BCUT2D eigenvalue weighted by atomic mass is 9.66. The van der Waals surface area contributed by atoms with Crippen LogP contribution in [0, 0.1) is 11.3 Å². The van der Waals surface area contributed by atoms with Crippen molar-refractivity contribution in [2.75, 3.05) is 33.0 Å². The first kappa shape index (κ1) is 17.2. The lowest BCUT2D eigenvalue weighted by Gasteiger charge is -2.36. The van der Waals surface area contributed by atoms with E-state index in [4.69, 9.17) is 9.47 Å². The predicted molar refractivity (Wildman–Crippen MR) is 80.5 cm³/mol. The van der Waals surface area contributed by atoms with Crippen molar-refractivity contribution in [3.05, 3.63) is 0 Å². The van der Waals surface area contributed by atoms with Gasteiger partial charge in [-0.2, -0.15) is 0 Å². The highest BCUT2D eigenvalue weighted by atomic mass is 16.5. The quantitative estimate of drug-likeness (QED) is 0.631. The lowest BCUT2D eigenvalue weighted by Crippen LogP contribution is -2.42. The molecular weight excluding hydrogens is 286 g/mol. The highest BCUT2D eigenvalue weighted by Gasteiger charge is 2.45. The summed E-state index contributed by atoms with van der Waals surface area (Å²) >= 11 is 0. The van der Waals surface area contributed by atoms with E-state index in [0.29, 0.717) is 31.9 Å². The van der Waals surface area contributed by atoms with Gasteiger partial charge in [0, 0.05) is 39.4 Å². The Hall–Kier alpha value is -1.14. The molecule has 0 aromatic heterocycles. The second-order valence-corrected chi connectivity index (χ2v) is 6.45. The molecule has 126 valence electrons. The summed E-state index contributed by atoms with van der Waals surface area (Å²) in [5.74, 6) is -0.405. The Morgan fingerprint density at radius 3 is 2.59 bits per heavy atom. The van der Waals surface area contributed by atoms with Gasteiger partial charge >= 0.3 is 5.97 Å². The average molecular weight is 313 g/mol. The van der Waals surface area contributed by atoms with Crippen molar-refractivity contribution in [3.8, 4) is 0 Å². The minimum atomic E-state index is -0.839. The van der Waals surface area contributed by atoms with Gasteiger partial charge in [0.25, 0.3) is 0 Å². The van der Waals surface area contributed by atoms with E-state index in [1.165, 1.54) is 0 Å². The molecule has 1 aliphatic heterocycles. The summed E-state index contributed by atoms with van der Waals surface area (Å²) in [7, 11) is 0. The zero-order valence-electron chi connectivity index (χ0n) is 13.1. The van der Waals surface area contributed by atoms with Crippen LogP contribution < -0.4 is 5.32 Å². The van der Waals surface area contributed by atoms with Gasteiger partial charge in [-0.1, -0.05) is 6.42 Å². The summed E-state index contributed by atoms with van der Waals surface area (Å²) in [5.41, 5.74) is -0.802. The van der Waals surface area contributed by atoms with E-state index in [0.717, 1.165) is 45.5 Å². The van der Waals surface area contributed by atoms with Crippen LogP contribution in [0.25, 0.3) is 0 Å². The summed E-state index contributed by atoms with van der Waals surface area (Å²) in [5, 5.41) is 12.0. The third-order valence-electron chi connectivity index (χ3n) is 4.75. The molecule has 0 aromatic carbocycles. The molecular formula is C16H27NO5. The molecule has 0 radical (unpaired) electrons. The molecule has 0 aromatic rings. The number of hydrogen-bond acceptors (Lipinski definition) is 4. The van der Waals surface area contributed by atoms with Gasteiger partial charge in [-0.3, -0.25) is 9.59 Å². The smallest absolute Gasteiger partial charge is 0.310 e. The number of amides is 1. The number of carboxylic acid groups (broad SMARTS) is 1. The largest absolute Gasteiger partial charge is 0.481 e. The fourth-order valence-electron chi connectivity index (χ4n) is 3.00. The SMILES string of the molecule is O=C(CC1(C(=O)O)CCC1)NCCCOCC1CCOCC1. The van der Waals surface area contributed by atoms with E-state index in [-0.39, 0.29) is 12.3 Å². The maximum atomic E-state index is 11.8. The normalized spacial score (nSPS) is 21.1. The maximum Gasteiger partial charge on any atom is 0.310 e. The molecule has 1 aliphatic carbocycles. The number of carboxylic acids is 1. The lowest BCUT2D eigenvalue weighted by molar-refractivity contribution is -0.157. The van der Waals surface area contributed by atoms with Gasteiger partial charge in [0.05, 0.1) is 5.41 Å². The first-order chi connectivity index (χ1) is 10.6. The summed E-state index contributed by atoms with van der Waals surface area (Å²) in [6.45, 7) is 3.59. The number of hydrogen-bond donors (Lipinski definition) is 2. The summed E-state index contributed by atoms with van der Waals surface area (Å²) in [6, 6.07) is 0. The van der Waals surface area contributed by atoms with Crippen LogP contribution in [0.2, 0.25) is 0 Å². The van der Waals surface area contributed by atoms with E-state index < -0.39 is 11.4 Å². The molecule has 2 rings (SSSR count). The molecule has 0 spiro atoms. The average Bonchev–Trinajstić information content (AvgIpc) is 2.47. The fraction of sp³-hybridized carbons (Fsp3) is 0.875. The van der Waals surface area contributed by atoms with E-state index in [1.807, 2.05) is 0 Å². The monoisotopic (exact) mass is 313 g/mol. The topological polar surface area (TPSA) is 84.9 Å². The van der Waals surface area contributed by atoms with Crippen LogP contribution in [0.1, 0.15) is 44.9 Å². The zero-order valence-corrected chi connectivity index (χ0v) is 13.1. The number of ether oxygens (including phenoxy) is 2. The van der Waals surface area contributed by atoms with Crippen LogP contribution >= 0.6 is 0 Å². The van der Waals surface area contributed by atoms with Crippen molar-refractivity contribution in [1.82, 2.24) is 5.32 Å². The minimum absolute atomic E-state index is 0.102. The molecule has 2 aliphatic rings. The van der Waals surface area contributed by atoms with Crippen LogP contribution in [0.5, 0.6) is 0 Å². The number of carbonyl (C=O) groups is 2. The van der Waals surface area contributed by atoms with Crippen molar-refractivity contribution in [1.29, 1.82) is 0 Å². The van der Waals surface area contributed by atoms with Gasteiger partial charge in [-0.05, 0) is 38.0 Å². The molecule has 1 heterocycles. The van der Waals surface area contributed by atoms with E-state index >= 15 is 0 Å². The Balaban J connectivity index is 1.49. The predicted octanol–water partition coefficient (Wildman–Crippen LogP) is 1.58. The third-order valence-corrected chi connectivity index (χ3v) is 4.75. The Kier molecular flexibility index (Phi) is 6.64. The van der Waals surface area contributed by atoms with Gasteiger partial charge in [-0.15, -0.1) is 0 Å². The molecule has 2 fully saturated rings. The highest BCUT2D eigenvalue weighted by molar-refractivity contribution is 5.85. The molecule has 22 heavy (non-hydrogen) atoms. The van der Waals surface area contributed by atoms with Gasteiger partial charge < -0.3 is 19.9 Å². The van der Waals surface area contributed by atoms with Crippen LogP contribution in [0.4, 0.5) is 0 Å². The highest BCUT2D eigenvalue weighted by Crippen LogP contribution is 2.44. The molecule has 0 bridgehead atoms. The third kappa shape index (κ3) is 4.95. The van der Waals surface area contributed by atoms with E-state index in [9.17, 15) is 14.7 Å². The summed E-state index contributed by atoms with van der Waals surface area (Å²) in [6.07, 6.45) is 5.12. The van der Waals surface area contributed by atoms with E-state index in [1.54, 1.807) is 0 Å². The molecule has 1 saturated heterocycles. The number of nitrogens with one attached hydrogen (secondary N) is 1. The zero-order chi connectivity index (χ0) is 15.8. The Morgan fingerprint density at radius 1 is 1.27 bits per heavy atom. The summed E-state index contributed by atoms with van der Waals surface area (Å²) in [4.78, 5) is 23.0. The Morgan fingerprint density at radius 2 is 2.00 bits per heavy atom. The van der Waals surface area contributed by atoms with E-state index in [2.05, 4.69) is 5.32 Å². The van der Waals surface area contributed by atoms with Crippen molar-refractivity contribution in [3.63, 3.8) is 0 Å². The van der Waals surface area contributed by atoms with Crippen LogP contribution in [0.15, 0.2) is 0 Å². The number of aliphatic carboxylic acids is 1. The fourth-order valence-corrected chi connectivity index (χ4v) is 3.00. The minimum Gasteiger partial charge on any atom is -0.481 e. The first-order valence-electron chi connectivity index (χ1n) is 8.28. The molecule has 1 amide bonds. The number of rotatable bonds is 9. The second-order valence-electron chi connectivity index (χ2n) is 6.45. The second kappa shape index (κ2) is 8.48. The molecule has 0 unspecified atom stereocenters. The maximum absolute atomic E-state index is 11.8. The molecule has 2 N–H and O–H groups in total. The molecule has 0 atom stereocenters. The van der Waals surface area contributed by atoms with Gasteiger partial charge in [-0.25, -0.2) is 0 Å². The molecule has 6 heteroatoms. The molecule has 1 saturated carbocycles. The van der Waals surface area contributed by atoms with Crippen LogP contribution in [0.3, 0.4) is 0 Å². The van der Waals surface area contributed by atoms with Crippen LogP contribution in [-0.4, -0.2) is 50.0 Å².